The molecule has 1 heterocycles. The molecule has 19 heavy (non-hydrogen) atoms. The van der Waals surface area contributed by atoms with Gasteiger partial charge in [0.05, 0.1) is 6.54 Å². The summed E-state index contributed by atoms with van der Waals surface area (Å²) in [5.41, 5.74) is 0. The fourth-order valence-electron chi connectivity index (χ4n) is 1.41. The number of aryl methyl sites for hydroxylation is 1. The van der Waals surface area contributed by atoms with E-state index in [1.807, 2.05) is 20.0 Å². The van der Waals surface area contributed by atoms with E-state index in [4.69, 9.17) is 5.11 Å². The average Bonchev–Trinajstić information content (AvgIpc) is 2.89. The zero-order chi connectivity index (χ0) is 14.1. The van der Waals surface area contributed by atoms with Gasteiger partial charge >= 0.3 is 0 Å². The highest BCUT2D eigenvalue weighted by molar-refractivity contribution is 7.11. The topological polar surface area (TPSA) is 69.5 Å². The number of guanidine groups is 1. The Kier molecular flexibility index (Phi) is 7.43. The Balaban J connectivity index is 2.51. The lowest BCUT2D eigenvalue weighted by atomic mass is 10.2. The van der Waals surface area contributed by atoms with Crippen LogP contribution in [0.1, 0.15) is 30.7 Å². The number of aromatic nitrogens is 1. The molecule has 0 saturated heterocycles. The number of rotatable bonds is 7. The summed E-state index contributed by atoms with van der Waals surface area (Å²) in [5.74, 6) is 0.992. The molecule has 1 aromatic rings. The molecular weight excluding hydrogens is 260 g/mol. The molecule has 0 fully saturated rings. The van der Waals surface area contributed by atoms with Crippen LogP contribution in [0.25, 0.3) is 0 Å². The van der Waals surface area contributed by atoms with Gasteiger partial charge in [0.1, 0.15) is 5.01 Å². The average molecular weight is 284 g/mol. The van der Waals surface area contributed by atoms with Gasteiger partial charge in [0.15, 0.2) is 5.96 Å². The maximum atomic E-state index is 9.01. The SMILES string of the molecule is CCNC(=NCc1ncc(CC)s1)NCC(C)CO. The van der Waals surface area contributed by atoms with Crippen LogP contribution in [0.2, 0.25) is 0 Å². The summed E-state index contributed by atoms with van der Waals surface area (Å²) in [6.45, 7) is 8.45. The second-order valence-electron chi connectivity index (χ2n) is 4.44. The minimum absolute atomic E-state index is 0.179. The molecule has 5 nitrogen and oxygen atoms in total. The van der Waals surface area contributed by atoms with Crippen LogP contribution < -0.4 is 10.6 Å². The van der Waals surface area contributed by atoms with Crippen molar-refractivity contribution in [3.05, 3.63) is 16.1 Å². The lowest BCUT2D eigenvalue weighted by Gasteiger charge is -2.13. The fraction of sp³-hybridized carbons (Fsp3) is 0.692. The van der Waals surface area contributed by atoms with Crippen LogP contribution in [0, 0.1) is 5.92 Å². The number of nitrogens with zero attached hydrogens (tertiary/aromatic N) is 2. The van der Waals surface area contributed by atoms with Crippen molar-refractivity contribution in [2.24, 2.45) is 10.9 Å². The van der Waals surface area contributed by atoms with Crippen LogP contribution >= 0.6 is 11.3 Å². The molecule has 3 N–H and O–H groups in total. The van der Waals surface area contributed by atoms with Gasteiger partial charge in [0.25, 0.3) is 0 Å². The fourth-order valence-corrected chi connectivity index (χ4v) is 2.20. The van der Waals surface area contributed by atoms with Crippen LogP contribution in [0.4, 0.5) is 0 Å². The number of hydrogen-bond donors (Lipinski definition) is 3. The van der Waals surface area contributed by atoms with Gasteiger partial charge < -0.3 is 15.7 Å². The van der Waals surface area contributed by atoms with Gasteiger partial charge in [0.2, 0.25) is 0 Å². The van der Waals surface area contributed by atoms with E-state index in [9.17, 15) is 0 Å². The largest absolute Gasteiger partial charge is 0.396 e. The number of aliphatic hydroxyl groups is 1. The molecule has 1 aromatic heterocycles. The molecule has 1 unspecified atom stereocenters. The highest BCUT2D eigenvalue weighted by Crippen LogP contribution is 2.13. The molecule has 108 valence electrons. The number of nitrogens with one attached hydrogen (secondary N) is 2. The predicted octanol–water partition coefficient (Wildman–Crippen LogP) is 1.39. The van der Waals surface area contributed by atoms with Crippen molar-refractivity contribution in [2.45, 2.75) is 33.7 Å². The number of hydrogen-bond acceptors (Lipinski definition) is 4. The van der Waals surface area contributed by atoms with E-state index in [0.29, 0.717) is 13.1 Å². The molecule has 6 heteroatoms. The van der Waals surface area contributed by atoms with Gasteiger partial charge in [-0.05, 0) is 19.3 Å². The lowest BCUT2D eigenvalue weighted by Crippen LogP contribution is -2.39. The van der Waals surface area contributed by atoms with Crippen LogP contribution in [-0.4, -0.2) is 35.7 Å². The summed E-state index contributed by atoms with van der Waals surface area (Å²) in [5, 5.41) is 16.4. The van der Waals surface area contributed by atoms with Gasteiger partial charge in [-0.3, -0.25) is 0 Å². The molecule has 0 bridgehead atoms. The molecule has 0 radical (unpaired) electrons. The Morgan fingerprint density at radius 3 is 2.84 bits per heavy atom. The van der Waals surface area contributed by atoms with Crippen molar-refractivity contribution >= 4 is 17.3 Å². The quantitative estimate of drug-likeness (QED) is 0.523. The van der Waals surface area contributed by atoms with Crippen LogP contribution in [0.5, 0.6) is 0 Å². The molecule has 1 rings (SSSR count). The normalized spacial score (nSPS) is 13.4. The summed E-state index contributed by atoms with van der Waals surface area (Å²) < 4.78 is 0. The second kappa shape index (κ2) is 8.87. The maximum absolute atomic E-state index is 9.01. The Morgan fingerprint density at radius 2 is 2.26 bits per heavy atom. The third kappa shape index (κ3) is 6.02. The highest BCUT2D eigenvalue weighted by Gasteiger charge is 2.03. The summed E-state index contributed by atoms with van der Waals surface area (Å²) >= 11 is 1.71. The smallest absolute Gasteiger partial charge is 0.191 e. The molecule has 0 saturated carbocycles. The molecule has 0 aliphatic carbocycles. The van der Waals surface area contributed by atoms with Crippen molar-refractivity contribution < 1.29 is 5.11 Å². The Hall–Kier alpha value is -1.14. The third-order valence-electron chi connectivity index (χ3n) is 2.60. The number of aliphatic hydroxyl groups excluding tert-OH is 1. The van der Waals surface area contributed by atoms with E-state index >= 15 is 0 Å². The molecule has 0 aliphatic rings. The van der Waals surface area contributed by atoms with Gasteiger partial charge in [-0.2, -0.15) is 0 Å². The first-order chi connectivity index (χ1) is 9.19. The standard InChI is InChI=1S/C13H24N4OS/c1-4-11-7-15-12(19-11)8-17-13(14-5-2)16-6-10(3)9-18/h7,10,18H,4-6,8-9H2,1-3H3,(H2,14,16,17). The molecule has 0 spiro atoms. The monoisotopic (exact) mass is 284 g/mol. The zero-order valence-corrected chi connectivity index (χ0v) is 12.8. The van der Waals surface area contributed by atoms with Crippen molar-refractivity contribution in [1.82, 2.24) is 15.6 Å². The third-order valence-corrected chi connectivity index (χ3v) is 3.72. The van der Waals surface area contributed by atoms with E-state index in [-0.39, 0.29) is 12.5 Å². The van der Waals surface area contributed by atoms with Gasteiger partial charge in [-0.1, -0.05) is 13.8 Å². The van der Waals surface area contributed by atoms with Crippen molar-refractivity contribution in [3.8, 4) is 0 Å². The van der Waals surface area contributed by atoms with E-state index in [1.165, 1.54) is 4.88 Å². The summed E-state index contributed by atoms with van der Waals surface area (Å²) in [4.78, 5) is 10.1. The predicted molar refractivity (Wildman–Crippen MR) is 80.6 cm³/mol. The first kappa shape index (κ1) is 15.9. The minimum atomic E-state index is 0.179. The van der Waals surface area contributed by atoms with E-state index in [0.717, 1.165) is 23.9 Å². The zero-order valence-electron chi connectivity index (χ0n) is 11.9. The van der Waals surface area contributed by atoms with Gasteiger partial charge in [-0.25, -0.2) is 9.98 Å². The molecule has 0 aromatic carbocycles. The lowest BCUT2D eigenvalue weighted by molar-refractivity contribution is 0.238. The van der Waals surface area contributed by atoms with E-state index in [1.54, 1.807) is 11.3 Å². The first-order valence-electron chi connectivity index (χ1n) is 6.76. The Bertz CT molecular complexity index is 392. The Labute approximate surface area is 119 Å². The molecule has 0 aliphatic heterocycles. The van der Waals surface area contributed by atoms with Crippen LogP contribution in [0.15, 0.2) is 11.2 Å². The Morgan fingerprint density at radius 1 is 1.47 bits per heavy atom. The van der Waals surface area contributed by atoms with Crippen molar-refractivity contribution in [3.63, 3.8) is 0 Å². The maximum Gasteiger partial charge on any atom is 0.191 e. The minimum Gasteiger partial charge on any atom is -0.396 e. The number of thiazole rings is 1. The summed E-state index contributed by atoms with van der Waals surface area (Å²) in [6.07, 6.45) is 2.94. The van der Waals surface area contributed by atoms with Crippen LogP contribution in [-0.2, 0) is 13.0 Å². The number of aliphatic imine (C=N–C) groups is 1. The molecular formula is C13H24N4OS. The molecule has 0 amide bonds. The van der Waals surface area contributed by atoms with Gasteiger partial charge in [-0.15, -0.1) is 11.3 Å². The summed E-state index contributed by atoms with van der Waals surface area (Å²) in [7, 11) is 0. The van der Waals surface area contributed by atoms with Crippen molar-refractivity contribution in [1.29, 1.82) is 0 Å². The van der Waals surface area contributed by atoms with Crippen molar-refractivity contribution in [2.75, 3.05) is 19.7 Å². The molecule has 1 atom stereocenters. The van der Waals surface area contributed by atoms with E-state index in [2.05, 4.69) is 27.5 Å². The highest BCUT2D eigenvalue weighted by atomic mass is 32.1. The second-order valence-corrected chi connectivity index (χ2v) is 5.64. The summed E-state index contributed by atoms with van der Waals surface area (Å²) in [6, 6.07) is 0. The van der Waals surface area contributed by atoms with Crippen LogP contribution in [0.3, 0.4) is 0 Å². The van der Waals surface area contributed by atoms with E-state index < -0.39 is 0 Å². The van der Waals surface area contributed by atoms with Gasteiger partial charge in [0, 0.05) is 30.8 Å². The first-order valence-corrected chi connectivity index (χ1v) is 7.57.